The molecular formula is C117H99FN16O9. The van der Waals surface area contributed by atoms with Gasteiger partial charge in [0.05, 0.1) is 52.3 Å². The lowest BCUT2D eigenvalue weighted by Gasteiger charge is -2.25. The molecular weight excluding hydrogens is 1790 g/mol. The normalized spacial score (nSPS) is 16.3. The molecule has 0 N–H and O–H groups in total. The quantitative estimate of drug-likeness (QED) is 0.115. The Bertz CT molecular complexity index is 7450. The summed E-state index contributed by atoms with van der Waals surface area (Å²) in [4.78, 5) is 155. The Labute approximate surface area is 825 Å². The molecule has 29 rings (SSSR count). The molecule has 0 saturated carbocycles. The summed E-state index contributed by atoms with van der Waals surface area (Å²) in [6, 6.07) is 54.7. The zero-order valence-corrected chi connectivity index (χ0v) is 78.8. The van der Waals surface area contributed by atoms with Gasteiger partial charge in [-0.15, -0.1) is 0 Å². The number of pyridine rings is 5. The number of carbonyl (C=O) groups excluding carboxylic acids is 9. The summed E-state index contributed by atoms with van der Waals surface area (Å²) in [7, 11) is 0. The number of hydrogen-bond donors (Lipinski definition) is 0. The van der Waals surface area contributed by atoms with Gasteiger partial charge in [-0.25, -0.2) is 19.3 Å². The molecule has 0 radical (unpaired) electrons. The second kappa shape index (κ2) is 38.5. The fourth-order valence-corrected chi connectivity index (χ4v) is 23.0. The number of ketones is 2. The van der Waals surface area contributed by atoms with E-state index in [2.05, 4.69) is 119 Å². The molecule has 0 unspecified atom stereocenters. The largest absolute Gasteiger partial charge is 0.312 e. The van der Waals surface area contributed by atoms with E-state index < -0.39 is 0 Å². The van der Waals surface area contributed by atoms with Gasteiger partial charge in [0.25, 0.3) is 0 Å². The first-order chi connectivity index (χ1) is 70.0. The molecule has 0 spiro atoms. The number of aromatic nitrogens is 9. The monoisotopic (exact) mass is 1890 g/mol. The van der Waals surface area contributed by atoms with E-state index in [1.54, 1.807) is 67.8 Å². The van der Waals surface area contributed by atoms with Crippen molar-refractivity contribution in [2.75, 3.05) is 80.1 Å². The van der Waals surface area contributed by atoms with Gasteiger partial charge in [0.1, 0.15) is 12.1 Å². The minimum atomic E-state index is -0.326. The van der Waals surface area contributed by atoms with Gasteiger partial charge in [0.15, 0.2) is 11.6 Å². The first kappa shape index (κ1) is 90.2. The molecule has 14 aliphatic rings. The first-order valence-corrected chi connectivity index (χ1v) is 49.4. The predicted molar refractivity (Wildman–Crippen MR) is 544 cm³/mol. The molecule has 15 aromatic rings. The standard InChI is InChI=1S/C22H18N2O.2C17H14N2O2.C16H13FN2O.C16H14N2O.C15H13N3O.C14H13N3O/c25-21-7-6-16-10-18(11-17-8-9-24(21)22(16)17)20-12-19(13-23-14-20)15-4-2-1-3-5-15;20-15-2-1-12-9-14(10-13-5-8-19(15)16(12)13)17(21)11-3-6-18-7-4-11;20-15-4-3-11-8-14(9-12-5-7-19(15)16(11)12)17(21)13-2-1-6-18-10-13;17-14-7-13(8-18-9-14)12-5-10-1-2-15(20)19-4-3-11(6-12)16(10)19;19-15-2-1-12-9-14(11-3-6-17-7-4-11)10-13-5-8-18(15)16(12)13;19-14-2-1-10-5-12(13-7-16-9-17-8-13)6-11-3-4-18(14)15(10)11;18-13-2-1-10-7-12(16-6-4-15-9-16)8-11-3-5-17(13)14(10)11/h1-5,10-14H,6-9H2;3-4,6-7,9-10H,1-2,5,8H2;1-2,6,8-10H,3-5,7H2;5-9H,1-4H2;3-4,6-7,9-10H,1-2,5,8H2;5-9H,1-4H2;4,6-9H,1-3,5H2. The third kappa shape index (κ3) is 17.7. The zero-order valence-electron chi connectivity index (χ0n) is 78.8. The number of benzene rings is 8. The van der Waals surface area contributed by atoms with Gasteiger partial charge in [-0.1, -0.05) is 30.3 Å². The SMILES string of the molecule is O=C(c1cccnc1)c1cc2c3c(c1)CCN3C(=O)CC2.O=C(c1ccncc1)c1cc2c3c(c1)CCN3C(=O)CC2.O=C1CCc2cc(-c3ccncc3)cc3c2N1CC3.O=C1CCc2cc(-c3cncc(-c4ccccc4)c3)cc3c2N1CC3.O=C1CCc2cc(-c3cncc(F)c3)cc3c2N1CC3.O=C1CCc2cc(-c3cncnc3)cc3c2N1CC3.O=C1CCc2cc(-n3ccnc3)cc3c2N1CC3. The van der Waals surface area contributed by atoms with Crippen LogP contribution in [0.3, 0.4) is 0 Å². The lowest BCUT2D eigenvalue weighted by Crippen LogP contribution is -2.32. The number of aryl methyl sites for hydroxylation is 7. The predicted octanol–water partition coefficient (Wildman–Crippen LogP) is 17.5. The van der Waals surface area contributed by atoms with E-state index >= 15 is 0 Å². The molecule has 143 heavy (non-hydrogen) atoms. The highest BCUT2D eigenvalue weighted by molar-refractivity contribution is 6.12. The van der Waals surface area contributed by atoms with Crippen LogP contribution in [0.25, 0.3) is 61.3 Å². The van der Waals surface area contributed by atoms with Crippen molar-refractivity contribution in [3.63, 3.8) is 0 Å². The van der Waals surface area contributed by atoms with Crippen molar-refractivity contribution in [2.45, 2.75) is 135 Å². The number of rotatable bonds is 10. The number of halogens is 1. The van der Waals surface area contributed by atoms with Crippen molar-refractivity contribution in [3.05, 3.63) is 369 Å². The number of anilines is 7. The Balaban J connectivity index is 0.0000000927. The van der Waals surface area contributed by atoms with E-state index in [0.717, 1.165) is 220 Å². The maximum atomic E-state index is 13.3. The molecule has 21 heterocycles. The van der Waals surface area contributed by atoms with Crippen LogP contribution in [0.2, 0.25) is 0 Å². The summed E-state index contributed by atoms with van der Waals surface area (Å²) in [6.07, 6.45) is 43.9. The number of nitrogens with zero attached hydrogens (tertiary/aromatic N) is 16. The molecule has 0 atom stereocenters. The van der Waals surface area contributed by atoms with E-state index in [1.165, 1.54) is 107 Å². The van der Waals surface area contributed by atoms with E-state index in [9.17, 15) is 47.5 Å². The van der Waals surface area contributed by atoms with E-state index in [0.29, 0.717) is 67.2 Å². The van der Waals surface area contributed by atoms with Crippen LogP contribution in [0.1, 0.15) is 155 Å². The van der Waals surface area contributed by atoms with Crippen molar-refractivity contribution in [1.82, 2.24) is 44.4 Å². The van der Waals surface area contributed by atoms with Crippen LogP contribution in [0.15, 0.2) is 263 Å². The molecule has 0 fully saturated rings. The van der Waals surface area contributed by atoms with Crippen molar-refractivity contribution in [2.24, 2.45) is 0 Å². The van der Waals surface area contributed by atoms with Crippen LogP contribution in [0.5, 0.6) is 0 Å². The highest BCUT2D eigenvalue weighted by Crippen LogP contribution is 2.48. The van der Waals surface area contributed by atoms with E-state index in [-0.39, 0.29) is 58.7 Å². The molecule has 8 aromatic carbocycles. The average Bonchev–Trinajstić information content (AvgIpc) is 1.70. The topological polar surface area (TPSA) is 284 Å². The Morgan fingerprint density at radius 2 is 0.538 bits per heavy atom. The highest BCUT2D eigenvalue weighted by Gasteiger charge is 2.40. The summed E-state index contributed by atoms with van der Waals surface area (Å²) < 4.78 is 15.3. The maximum Gasteiger partial charge on any atom is 0.227 e. The van der Waals surface area contributed by atoms with Gasteiger partial charge in [0, 0.05) is 222 Å². The van der Waals surface area contributed by atoms with Crippen LogP contribution >= 0.6 is 0 Å². The van der Waals surface area contributed by atoms with Crippen LogP contribution in [0.4, 0.5) is 44.2 Å². The van der Waals surface area contributed by atoms with Gasteiger partial charge in [-0.2, -0.15) is 0 Å². The number of amides is 7. The van der Waals surface area contributed by atoms with Crippen LogP contribution in [0, 0.1) is 5.82 Å². The van der Waals surface area contributed by atoms with Gasteiger partial charge in [-0.05, 0) is 335 Å². The van der Waals surface area contributed by atoms with Gasteiger partial charge in [0.2, 0.25) is 41.4 Å². The molecule has 0 aliphatic carbocycles. The molecule has 0 bridgehead atoms. The third-order valence-electron chi connectivity index (χ3n) is 29.7. The Hall–Kier alpha value is -16.6. The molecule has 25 nitrogen and oxygen atoms in total. The Morgan fingerprint density at radius 3 is 0.916 bits per heavy atom. The molecule has 7 amide bonds. The zero-order chi connectivity index (χ0) is 97.0. The first-order valence-electron chi connectivity index (χ1n) is 49.4. The van der Waals surface area contributed by atoms with Crippen molar-refractivity contribution in [3.8, 4) is 61.3 Å². The van der Waals surface area contributed by atoms with Crippen LogP contribution in [-0.4, -0.2) is 143 Å². The maximum absolute atomic E-state index is 13.3. The molecule has 0 saturated heterocycles. The fourth-order valence-electron chi connectivity index (χ4n) is 23.0. The molecule has 7 aromatic heterocycles. The van der Waals surface area contributed by atoms with Gasteiger partial charge < -0.3 is 38.9 Å². The minimum Gasteiger partial charge on any atom is -0.312 e. The molecule has 14 aliphatic heterocycles. The fraction of sp³-hybridized carbons (Fsp3) is 0.239. The van der Waals surface area contributed by atoms with E-state index in [1.807, 2.05) is 143 Å². The van der Waals surface area contributed by atoms with Crippen LogP contribution in [-0.2, 0) is 123 Å². The minimum absolute atomic E-state index is 0.00231. The Kier molecular flexibility index (Phi) is 24.3. The average molecular weight is 1890 g/mol. The second-order valence-corrected chi connectivity index (χ2v) is 38.2. The summed E-state index contributed by atoms with van der Waals surface area (Å²) in [5.74, 6) is 1.41. The number of carbonyl (C=O) groups is 9. The number of hydrogen-bond acceptors (Lipinski definition) is 17. The van der Waals surface area contributed by atoms with Gasteiger partial charge in [-0.3, -0.25) is 68.1 Å². The molecule has 26 heteroatoms. The lowest BCUT2D eigenvalue weighted by molar-refractivity contribution is -0.119. The highest BCUT2D eigenvalue weighted by atomic mass is 19.1. The van der Waals surface area contributed by atoms with Crippen molar-refractivity contribution < 1.29 is 47.5 Å². The summed E-state index contributed by atoms with van der Waals surface area (Å²) >= 11 is 0. The molecule has 708 valence electrons. The summed E-state index contributed by atoms with van der Waals surface area (Å²) in [5, 5.41) is 0. The van der Waals surface area contributed by atoms with Crippen LogP contribution < -0.4 is 34.3 Å². The summed E-state index contributed by atoms with van der Waals surface area (Å²) in [6.45, 7) is 5.60. The Morgan fingerprint density at radius 1 is 0.224 bits per heavy atom. The van der Waals surface area contributed by atoms with E-state index in [4.69, 9.17) is 0 Å². The smallest absolute Gasteiger partial charge is 0.227 e. The van der Waals surface area contributed by atoms with Gasteiger partial charge >= 0.3 is 0 Å². The second-order valence-electron chi connectivity index (χ2n) is 38.2. The third-order valence-corrected chi connectivity index (χ3v) is 29.7. The lowest BCUT2D eigenvalue weighted by atomic mass is 9.93. The number of imidazole rings is 1. The summed E-state index contributed by atoms with van der Waals surface area (Å²) in [5.41, 5.74) is 40.1. The van der Waals surface area contributed by atoms with Crippen molar-refractivity contribution in [1.29, 1.82) is 0 Å². The van der Waals surface area contributed by atoms with Crippen molar-refractivity contribution >= 4 is 92.7 Å².